The molecule has 0 saturated carbocycles. The fourth-order valence-corrected chi connectivity index (χ4v) is 11.8. The zero-order valence-corrected chi connectivity index (χ0v) is 26.3. The second kappa shape index (κ2) is 10.3. The molecule has 0 bridgehead atoms. The van der Waals surface area contributed by atoms with E-state index in [0.717, 1.165) is 0 Å². The molecule has 0 aromatic carbocycles. The Labute approximate surface area is 192 Å². The first-order valence-electron chi connectivity index (χ1n) is 10.8. The molecule has 0 amide bonds. The maximum Gasteiger partial charge on any atom is 0.455 e. The molecule has 0 radical (unpaired) electrons. The van der Waals surface area contributed by atoms with Crippen LogP contribution in [0.4, 0.5) is 0 Å². The molecule has 1 fully saturated rings. The minimum absolute atomic E-state index is 0.0694. The largest absolute Gasteiger partial charge is 0.457 e. The van der Waals surface area contributed by atoms with Gasteiger partial charge in [0.15, 0.2) is 39.4 Å². The van der Waals surface area contributed by atoms with Crippen LogP contribution < -0.4 is 0 Å². The van der Waals surface area contributed by atoms with Gasteiger partial charge in [-0.15, -0.1) is 0 Å². The number of ether oxygens (including phenoxy) is 1. The molecule has 1 aliphatic heterocycles. The molecule has 31 heavy (non-hydrogen) atoms. The van der Waals surface area contributed by atoms with Gasteiger partial charge < -0.3 is 22.0 Å². The highest BCUT2D eigenvalue weighted by Crippen LogP contribution is 2.54. The van der Waals surface area contributed by atoms with Crippen molar-refractivity contribution in [1.82, 2.24) is 0 Å². The van der Waals surface area contributed by atoms with Crippen LogP contribution >= 0.6 is 7.82 Å². The molecule has 0 N–H and O–H groups in total. The van der Waals surface area contributed by atoms with Gasteiger partial charge in [-0.3, -0.25) is 9.32 Å². The molecule has 0 aromatic heterocycles. The van der Waals surface area contributed by atoms with Gasteiger partial charge >= 0.3 is 13.8 Å². The first-order valence-corrected chi connectivity index (χ1v) is 25.9. The van der Waals surface area contributed by atoms with Gasteiger partial charge in [-0.05, 0) is 78.6 Å². The second-order valence-electron chi connectivity index (χ2n) is 11.8. The van der Waals surface area contributed by atoms with Crippen LogP contribution in [0.5, 0.6) is 0 Å². The van der Waals surface area contributed by atoms with Crippen LogP contribution in [0.1, 0.15) is 6.42 Å². The van der Waals surface area contributed by atoms with Gasteiger partial charge in [-0.2, -0.15) is 0 Å². The number of carbonyl (C=O) groups excluding carboxylic acids is 1. The molecule has 13 heteroatoms. The second-order valence-corrected chi connectivity index (χ2v) is 31.8. The van der Waals surface area contributed by atoms with E-state index < -0.39 is 59.4 Å². The van der Waals surface area contributed by atoms with Crippen molar-refractivity contribution in [2.24, 2.45) is 0 Å². The predicted molar refractivity (Wildman–Crippen MR) is 133 cm³/mol. The van der Waals surface area contributed by atoms with Crippen molar-refractivity contribution in [3.8, 4) is 0 Å². The molecule has 3 unspecified atom stereocenters. The Morgan fingerprint density at radius 2 is 1.35 bits per heavy atom. The maximum absolute atomic E-state index is 13.5. The number of cyclic esters (lactones) is 1. The van der Waals surface area contributed by atoms with E-state index in [0.29, 0.717) is 0 Å². The lowest BCUT2D eigenvalue weighted by atomic mass is 10.1. The smallest absolute Gasteiger partial charge is 0.455 e. The lowest BCUT2D eigenvalue weighted by Gasteiger charge is -2.36. The van der Waals surface area contributed by atoms with E-state index in [4.69, 9.17) is 26.5 Å². The van der Waals surface area contributed by atoms with Gasteiger partial charge in [0, 0.05) is 0 Å². The molecule has 0 aliphatic carbocycles. The van der Waals surface area contributed by atoms with Gasteiger partial charge in [-0.25, -0.2) is 4.57 Å². The Morgan fingerprint density at radius 3 is 1.74 bits per heavy atom. The number of rotatable bonds is 12. The molecule has 1 saturated heterocycles. The lowest BCUT2D eigenvalue weighted by Crippen LogP contribution is -2.48. The summed E-state index contributed by atoms with van der Waals surface area (Å²) < 4.78 is 49.3. The van der Waals surface area contributed by atoms with E-state index in [1.807, 2.05) is 58.9 Å². The number of hydrogen-bond donors (Lipinski definition) is 0. The monoisotopic (exact) mass is 530 g/mol. The summed E-state index contributed by atoms with van der Waals surface area (Å²) >= 11 is 0. The molecule has 1 rings (SSSR count). The van der Waals surface area contributed by atoms with E-state index in [1.54, 1.807) is 0 Å². The van der Waals surface area contributed by atoms with Gasteiger partial charge in [0.2, 0.25) is 0 Å². The average Bonchev–Trinajstić information content (AvgIpc) is 2.76. The molecule has 1 heterocycles. The third-order valence-electron chi connectivity index (χ3n) is 3.55. The van der Waals surface area contributed by atoms with Crippen LogP contribution in [-0.2, 0) is 35.9 Å². The Hall–Kier alpha value is 0.368. The predicted octanol–water partition coefficient (Wildman–Crippen LogP) is 5.57. The first kappa shape index (κ1) is 29.4. The zero-order valence-electron chi connectivity index (χ0n) is 21.4. The van der Waals surface area contributed by atoms with Crippen LogP contribution in [0.15, 0.2) is 0 Å². The Balaban J connectivity index is 3.14. The van der Waals surface area contributed by atoms with Crippen LogP contribution in [0, 0.1) is 0 Å². The number of esters is 1. The van der Waals surface area contributed by atoms with Crippen molar-refractivity contribution in [1.29, 1.82) is 0 Å². The molecular formula is C18H43O8PSi4. The maximum atomic E-state index is 13.5. The summed E-state index contributed by atoms with van der Waals surface area (Å²) in [5, 5.41) is 0. The van der Waals surface area contributed by atoms with Crippen molar-refractivity contribution in [3.63, 3.8) is 0 Å². The van der Waals surface area contributed by atoms with Crippen LogP contribution in [0.3, 0.4) is 0 Å². The molecule has 1 aliphatic rings. The Kier molecular flexibility index (Phi) is 9.79. The summed E-state index contributed by atoms with van der Waals surface area (Å²) in [5.41, 5.74) is 0. The molecule has 3 atom stereocenters. The van der Waals surface area contributed by atoms with Crippen LogP contribution in [0.25, 0.3) is 0 Å². The van der Waals surface area contributed by atoms with Crippen molar-refractivity contribution in [3.05, 3.63) is 0 Å². The van der Waals surface area contributed by atoms with E-state index in [1.165, 1.54) is 0 Å². The average molecular weight is 531 g/mol. The third kappa shape index (κ3) is 12.4. The van der Waals surface area contributed by atoms with E-state index in [2.05, 4.69) is 19.6 Å². The zero-order chi connectivity index (χ0) is 24.5. The topological polar surface area (TPSA) is 89.5 Å². The van der Waals surface area contributed by atoms with Gasteiger partial charge in [0.25, 0.3) is 0 Å². The fourth-order valence-electron chi connectivity index (χ4n) is 2.99. The highest BCUT2D eigenvalue weighted by atomic mass is 31.2. The van der Waals surface area contributed by atoms with Crippen molar-refractivity contribution < 1.29 is 35.9 Å². The number of hydrogen-bond acceptors (Lipinski definition) is 8. The molecule has 184 valence electrons. The number of phosphoric acid groups is 1. The molecule has 0 spiro atoms. The van der Waals surface area contributed by atoms with Crippen molar-refractivity contribution >= 4 is 47.1 Å². The van der Waals surface area contributed by atoms with Gasteiger partial charge in [0.05, 0.1) is 19.1 Å². The molecular weight excluding hydrogens is 488 g/mol. The normalized spacial score (nSPS) is 22.5. The van der Waals surface area contributed by atoms with E-state index in [9.17, 15) is 9.36 Å². The number of carbonyl (C=O) groups is 1. The van der Waals surface area contributed by atoms with E-state index >= 15 is 0 Å². The Morgan fingerprint density at radius 1 is 0.871 bits per heavy atom. The van der Waals surface area contributed by atoms with Crippen molar-refractivity contribution in [2.45, 2.75) is 103 Å². The summed E-state index contributed by atoms with van der Waals surface area (Å²) in [6.07, 6.45) is -1.49. The van der Waals surface area contributed by atoms with Gasteiger partial charge in [-0.1, -0.05) is 0 Å². The SMILES string of the molecule is C[Si](C)(C)OC(COP(=O)(O[Si](C)(C)C)O[Si](C)(C)C)C1OC(=O)CC1O[Si](C)(C)C. The highest BCUT2D eigenvalue weighted by molar-refractivity contribution is 7.52. The quantitative estimate of drug-likeness (QED) is 0.184. The lowest BCUT2D eigenvalue weighted by molar-refractivity contribution is -0.146. The summed E-state index contributed by atoms with van der Waals surface area (Å²) in [4.78, 5) is 12.1. The molecule has 8 nitrogen and oxygen atoms in total. The molecule has 0 aromatic rings. The summed E-state index contributed by atoms with van der Waals surface area (Å²) in [6.45, 7) is 23.9. The fraction of sp³-hybridized carbons (Fsp3) is 0.944. The highest BCUT2D eigenvalue weighted by Gasteiger charge is 2.46. The summed E-state index contributed by atoms with van der Waals surface area (Å²) in [6, 6.07) is 0. The Bertz CT molecular complexity index is 643. The van der Waals surface area contributed by atoms with Gasteiger partial charge in [0.1, 0.15) is 6.10 Å². The summed E-state index contributed by atoms with van der Waals surface area (Å²) in [5.74, 6) is -0.322. The summed E-state index contributed by atoms with van der Waals surface area (Å²) in [7, 11) is -12.3. The van der Waals surface area contributed by atoms with Crippen molar-refractivity contribution in [2.75, 3.05) is 6.61 Å². The third-order valence-corrected chi connectivity index (χ3v) is 12.2. The minimum Gasteiger partial charge on any atom is -0.457 e. The van der Waals surface area contributed by atoms with Crippen LogP contribution in [-0.4, -0.2) is 64.2 Å². The minimum atomic E-state index is -3.81. The van der Waals surface area contributed by atoms with Crippen LogP contribution in [0.2, 0.25) is 78.6 Å². The standard InChI is InChI=1S/C18H43O8PSi4/c1-28(2,3)23-15-13-17(19)22-18(15)16(24-29(4,5)6)14-21-27(20,25-30(7,8)9)26-31(10,11)12/h15-16,18H,13-14H2,1-12H3. The first-order chi connectivity index (χ1) is 13.6. The van der Waals surface area contributed by atoms with E-state index in [-0.39, 0.29) is 19.0 Å².